The topological polar surface area (TPSA) is 29.1 Å². The molecule has 1 aromatic carbocycles. The number of carbonyl (C=O) groups is 1. The fraction of sp³-hybridized carbons (Fsp3) is 0.562. The van der Waals surface area contributed by atoms with E-state index in [2.05, 4.69) is 50.4 Å². The Morgan fingerprint density at radius 1 is 1.17 bits per heavy atom. The molecular weight excluding hydrogens is 222 g/mol. The summed E-state index contributed by atoms with van der Waals surface area (Å²) in [6.07, 6.45) is 1.73. The largest absolute Gasteiger partial charge is 0.356 e. The smallest absolute Gasteiger partial charge is 0.220 e. The van der Waals surface area contributed by atoms with E-state index in [1.54, 1.807) is 0 Å². The van der Waals surface area contributed by atoms with Crippen LogP contribution in [0.1, 0.15) is 45.1 Å². The maximum absolute atomic E-state index is 11.8. The van der Waals surface area contributed by atoms with E-state index in [4.69, 9.17) is 0 Å². The minimum atomic E-state index is 0.101. The van der Waals surface area contributed by atoms with Gasteiger partial charge in [0, 0.05) is 13.0 Å². The van der Waals surface area contributed by atoms with E-state index in [0.29, 0.717) is 18.3 Å². The van der Waals surface area contributed by atoms with Crippen molar-refractivity contribution in [2.45, 2.75) is 39.5 Å². The molecule has 1 heterocycles. The van der Waals surface area contributed by atoms with Gasteiger partial charge < -0.3 is 5.32 Å². The molecule has 0 radical (unpaired) electrons. The molecule has 1 fully saturated rings. The summed E-state index contributed by atoms with van der Waals surface area (Å²) in [6, 6.07) is 10.6. The Morgan fingerprint density at radius 3 is 2.39 bits per heavy atom. The molecule has 2 unspecified atom stereocenters. The predicted octanol–water partition coefficient (Wildman–Crippen LogP) is 3.34. The van der Waals surface area contributed by atoms with E-state index < -0.39 is 0 Å². The number of hydrogen-bond acceptors (Lipinski definition) is 1. The van der Waals surface area contributed by atoms with Crippen LogP contribution in [0.25, 0.3) is 0 Å². The van der Waals surface area contributed by atoms with Crippen LogP contribution in [-0.2, 0) is 4.79 Å². The maximum atomic E-state index is 11.8. The summed E-state index contributed by atoms with van der Waals surface area (Å²) in [5.74, 6) is 1.14. The number of carbonyl (C=O) groups excluding carboxylic acids is 1. The van der Waals surface area contributed by atoms with E-state index >= 15 is 0 Å². The van der Waals surface area contributed by atoms with Crippen molar-refractivity contribution < 1.29 is 4.79 Å². The van der Waals surface area contributed by atoms with Gasteiger partial charge in [-0.2, -0.15) is 0 Å². The van der Waals surface area contributed by atoms with Crippen LogP contribution < -0.4 is 5.32 Å². The molecule has 0 aromatic heterocycles. The Kier molecular flexibility index (Phi) is 3.74. The summed E-state index contributed by atoms with van der Waals surface area (Å²) in [5, 5.41) is 2.96. The first-order valence-corrected chi connectivity index (χ1v) is 6.88. The quantitative estimate of drug-likeness (QED) is 0.869. The van der Waals surface area contributed by atoms with E-state index in [-0.39, 0.29) is 11.3 Å². The molecule has 1 aromatic rings. The Morgan fingerprint density at radius 2 is 1.83 bits per heavy atom. The third-order valence-corrected chi connectivity index (χ3v) is 4.71. The number of nitrogens with one attached hydrogen (secondary N) is 1. The second-order valence-electron chi connectivity index (χ2n) is 5.80. The number of amides is 1. The Bertz CT molecular complexity index is 412. The highest BCUT2D eigenvalue weighted by Crippen LogP contribution is 2.48. The summed E-state index contributed by atoms with van der Waals surface area (Å²) >= 11 is 0. The lowest BCUT2D eigenvalue weighted by atomic mass is 9.61. The van der Waals surface area contributed by atoms with Crippen LogP contribution in [0.4, 0.5) is 0 Å². The van der Waals surface area contributed by atoms with Gasteiger partial charge in [-0.25, -0.2) is 0 Å². The van der Waals surface area contributed by atoms with E-state index in [1.807, 2.05) is 6.07 Å². The van der Waals surface area contributed by atoms with Gasteiger partial charge in [0.1, 0.15) is 0 Å². The third-order valence-electron chi connectivity index (χ3n) is 4.71. The molecule has 98 valence electrons. The van der Waals surface area contributed by atoms with Gasteiger partial charge in [0.15, 0.2) is 0 Å². The normalized spacial score (nSPS) is 25.9. The SMILES string of the molecule is CC(C)C1(C(C)c2ccccc2)CCNC(=O)C1. The van der Waals surface area contributed by atoms with Crippen molar-refractivity contribution in [3.8, 4) is 0 Å². The molecule has 2 atom stereocenters. The highest BCUT2D eigenvalue weighted by atomic mass is 16.1. The first-order chi connectivity index (χ1) is 8.56. The fourth-order valence-corrected chi connectivity index (χ4v) is 3.32. The lowest BCUT2D eigenvalue weighted by Gasteiger charge is -2.45. The number of piperidine rings is 1. The molecule has 2 nitrogen and oxygen atoms in total. The van der Waals surface area contributed by atoms with Crippen LogP contribution in [0.2, 0.25) is 0 Å². The van der Waals surface area contributed by atoms with Gasteiger partial charge in [-0.3, -0.25) is 4.79 Å². The second-order valence-corrected chi connectivity index (χ2v) is 5.80. The van der Waals surface area contributed by atoms with Gasteiger partial charge in [0.2, 0.25) is 5.91 Å². The number of hydrogen-bond donors (Lipinski definition) is 1. The summed E-state index contributed by atoms with van der Waals surface area (Å²) in [6.45, 7) is 7.58. The molecule has 2 rings (SSSR count). The van der Waals surface area contributed by atoms with Gasteiger partial charge in [0.25, 0.3) is 0 Å². The van der Waals surface area contributed by atoms with Crippen molar-refractivity contribution in [1.82, 2.24) is 5.32 Å². The van der Waals surface area contributed by atoms with Gasteiger partial charge in [-0.15, -0.1) is 0 Å². The first kappa shape index (κ1) is 13.1. The molecule has 1 aliphatic rings. The van der Waals surface area contributed by atoms with E-state index in [0.717, 1.165) is 13.0 Å². The predicted molar refractivity (Wildman–Crippen MR) is 74.4 cm³/mol. The second kappa shape index (κ2) is 5.13. The van der Waals surface area contributed by atoms with E-state index in [9.17, 15) is 4.79 Å². The van der Waals surface area contributed by atoms with Gasteiger partial charge in [-0.1, -0.05) is 51.1 Å². The van der Waals surface area contributed by atoms with Crippen LogP contribution in [0.15, 0.2) is 30.3 Å². The van der Waals surface area contributed by atoms with Crippen LogP contribution >= 0.6 is 0 Å². The van der Waals surface area contributed by atoms with Crippen molar-refractivity contribution >= 4 is 5.91 Å². The standard InChI is InChI=1S/C16H23NO/c1-12(2)16(9-10-17-15(18)11-16)13(3)14-7-5-4-6-8-14/h4-8,12-13H,9-11H2,1-3H3,(H,17,18). The molecular formula is C16H23NO. The third kappa shape index (κ3) is 2.29. The van der Waals surface area contributed by atoms with Crippen LogP contribution in [0, 0.1) is 11.3 Å². The van der Waals surface area contributed by atoms with Crippen molar-refractivity contribution in [3.63, 3.8) is 0 Å². The van der Waals surface area contributed by atoms with Gasteiger partial charge in [0.05, 0.1) is 0 Å². The first-order valence-electron chi connectivity index (χ1n) is 6.88. The molecule has 0 aliphatic carbocycles. The number of benzene rings is 1. The lowest BCUT2D eigenvalue weighted by Crippen LogP contribution is -2.46. The molecule has 0 spiro atoms. The molecule has 1 saturated heterocycles. The molecule has 1 aliphatic heterocycles. The Labute approximate surface area is 110 Å². The van der Waals surface area contributed by atoms with Crippen LogP contribution in [0.3, 0.4) is 0 Å². The minimum Gasteiger partial charge on any atom is -0.356 e. The summed E-state index contributed by atoms with van der Waals surface area (Å²) in [4.78, 5) is 11.8. The van der Waals surface area contributed by atoms with Crippen molar-refractivity contribution in [2.24, 2.45) is 11.3 Å². The van der Waals surface area contributed by atoms with Crippen LogP contribution in [-0.4, -0.2) is 12.5 Å². The average Bonchev–Trinajstić information content (AvgIpc) is 2.38. The summed E-state index contributed by atoms with van der Waals surface area (Å²) in [5.41, 5.74) is 1.45. The molecule has 18 heavy (non-hydrogen) atoms. The van der Waals surface area contributed by atoms with Crippen LogP contribution in [0.5, 0.6) is 0 Å². The average molecular weight is 245 g/mol. The molecule has 1 N–H and O–H groups in total. The maximum Gasteiger partial charge on any atom is 0.220 e. The lowest BCUT2D eigenvalue weighted by molar-refractivity contribution is -0.127. The monoisotopic (exact) mass is 245 g/mol. The molecule has 1 amide bonds. The Hall–Kier alpha value is -1.31. The van der Waals surface area contributed by atoms with Crippen molar-refractivity contribution in [1.29, 1.82) is 0 Å². The zero-order chi connectivity index (χ0) is 13.2. The van der Waals surface area contributed by atoms with Gasteiger partial charge in [-0.05, 0) is 29.2 Å². The van der Waals surface area contributed by atoms with Crippen molar-refractivity contribution in [3.05, 3.63) is 35.9 Å². The fourth-order valence-electron chi connectivity index (χ4n) is 3.32. The molecule has 2 heteroatoms. The minimum absolute atomic E-state index is 0.101. The highest BCUT2D eigenvalue weighted by molar-refractivity contribution is 5.77. The summed E-state index contributed by atoms with van der Waals surface area (Å²) in [7, 11) is 0. The summed E-state index contributed by atoms with van der Waals surface area (Å²) < 4.78 is 0. The van der Waals surface area contributed by atoms with E-state index in [1.165, 1.54) is 5.56 Å². The van der Waals surface area contributed by atoms with Gasteiger partial charge >= 0.3 is 0 Å². The highest BCUT2D eigenvalue weighted by Gasteiger charge is 2.43. The zero-order valence-corrected chi connectivity index (χ0v) is 11.6. The molecule has 0 saturated carbocycles. The Balaban J connectivity index is 2.33. The number of rotatable bonds is 3. The van der Waals surface area contributed by atoms with Crippen molar-refractivity contribution in [2.75, 3.05) is 6.54 Å². The molecule has 0 bridgehead atoms. The zero-order valence-electron chi connectivity index (χ0n) is 11.6.